The van der Waals surface area contributed by atoms with E-state index in [0.717, 1.165) is 4.57 Å². The summed E-state index contributed by atoms with van der Waals surface area (Å²) in [5.74, 6) is -0.247. The maximum absolute atomic E-state index is 12.8. The summed E-state index contributed by atoms with van der Waals surface area (Å²) in [6.07, 6.45) is 2.56. The fourth-order valence-corrected chi connectivity index (χ4v) is 2.32. The lowest BCUT2D eigenvalue weighted by molar-refractivity contribution is 0.0637. The first-order chi connectivity index (χ1) is 10.6. The van der Waals surface area contributed by atoms with Crippen LogP contribution in [0.1, 0.15) is 12.4 Å². The smallest absolute Gasteiger partial charge is 0.408 e. The van der Waals surface area contributed by atoms with Crippen molar-refractivity contribution in [2.45, 2.75) is 19.8 Å². The molecular weight excluding hydrogens is 294 g/mol. The van der Waals surface area contributed by atoms with Crippen LogP contribution in [0.3, 0.4) is 0 Å². The Morgan fingerprint density at radius 3 is 2.91 bits per heavy atom. The quantitative estimate of drug-likeness (QED) is 0.725. The number of hydrogen-bond acceptors (Lipinski definition) is 4. The summed E-state index contributed by atoms with van der Waals surface area (Å²) in [7, 11) is 1.72. The summed E-state index contributed by atoms with van der Waals surface area (Å²) in [5, 5.41) is 0. The molecule has 0 amide bonds. The van der Waals surface area contributed by atoms with Crippen LogP contribution in [-0.2, 0) is 13.2 Å². The zero-order valence-electron chi connectivity index (χ0n) is 11.8. The number of hydrogen-bond donors (Lipinski definition) is 0. The Morgan fingerprint density at radius 1 is 1.36 bits per heavy atom. The minimum absolute atomic E-state index is 0.184. The fourth-order valence-electron chi connectivity index (χ4n) is 2.32. The summed E-state index contributed by atoms with van der Waals surface area (Å²) >= 11 is 0. The van der Waals surface area contributed by atoms with Gasteiger partial charge < -0.3 is 4.42 Å². The molecule has 0 bridgehead atoms. The first-order valence-electron chi connectivity index (χ1n) is 6.63. The number of fused-ring (bicyclic) bond motifs is 1. The second kappa shape index (κ2) is 5.72. The lowest BCUT2D eigenvalue weighted by Gasteiger charge is -2.17. The number of nitrogens with zero attached hydrogens (tertiary/aromatic N) is 4. The number of para-hydroxylation sites is 2. The second-order valence-electron chi connectivity index (χ2n) is 4.95. The summed E-state index contributed by atoms with van der Waals surface area (Å²) in [6, 6.07) is 7.06. The lowest BCUT2D eigenvalue weighted by atomic mass is 10.3. The minimum atomic E-state index is -2.64. The molecule has 0 aliphatic carbocycles. The molecule has 8 heteroatoms. The summed E-state index contributed by atoms with van der Waals surface area (Å²) in [5.41, 5.74) is 1.16. The van der Waals surface area contributed by atoms with Crippen molar-refractivity contribution in [1.29, 1.82) is 0 Å². The second-order valence-corrected chi connectivity index (χ2v) is 4.95. The standard InChI is InChI=1S/C14H14F2N4O2/c1-18(8-12-17-6-7-19(12)13(15)16)9-20-10-4-2-3-5-11(10)22-14(20)21/h2-7,13H,8-9H2,1H3. The molecule has 0 unspecified atom stereocenters. The van der Waals surface area contributed by atoms with Crippen molar-refractivity contribution in [3.63, 3.8) is 0 Å². The van der Waals surface area contributed by atoms with Gasteiger partial charge in [0, 0.05) is 12.4 Å². The highest BCUT2D eigenvalue weighted by Gasteiger charge is 2.15. The zero-order valence-corrected chi connectivity index (χ0v) is 11.8. The largest absolute Gasteiger partial charge is 0.421 e. The van der Waals surface area contributed by atoms with E-state index < -0.39 is 12.3 Å². The molecular formula is C14H14F2N4O2. The molecule has 0 aliphatic heterocycles. The zero-order chi connectivity index (χ0) is 15.7. The van der Waals surface area contributed by atoms with Crippen LogP contribution in [-0.4, -0.2) is 26.1 Å². The van der Waals surface area contributed by atoms with E-state index in [9.17, 15) is 13.6 Å². The Bertz CT molecular complexity index is 837. The van der Waals surface area contributed by atoms with Gasteiger partial charge in [0.1, 0.15) is 5.82 Å². The number of benzene rings is 1. The molecule has 0 spiro atoms. The third-order valence-electron chi connectivity index (χ3n) is 3.33. The van der Waals surface area contributed by atoms with E-state index in [-0.39, 0.29) is 19.0 Å². The average molecular weight is 308 g/mol. The van der Waals surface area contributed by atoms with E-state index in [1.807, 2.05) is 0 Å². The van der Waals surface area contributed by atoms with Crippen LogP contribution in [0.25, 0.3) is 11.1 Å². The molecule has 3 aromatic rings. The minimum Gasteiger partial charge on any atom is -0.408 e. The van der Waals surface area contributed by atoms with E-state index in [1.54, 1.807) is 36.2 Å². The molecule has 2 aromatic heterocycles. The molecule has 0 N–H and O–H groups in total. The van der Waals surface area contributed by atoms with Crippen molar-refractivity contribution in [3.8, 4) is 0 Å². The number of rotatable bonds is 5. The summed E-state index contributed by atoms with van der Waals surface area (Å²) in [6.45, 7) is -2.24. The molecule has 0 atom stereocenters. The van der Waals surface area contributed by atoms with E-state index >= 15 is 0 Å². The van der Waals surface area contributed by atoms with Gasteiger partial charge in [-0.1, -0.05) is 12.1 Å². The number of oxazole rings is 1. The highest BCUT2D eigenvalue weighted by atomic mass is 19.3. The van der Waals surface area contributed by atoms with Crippen molar-refractivity contribution in [1.82, 2.24) is 19.0 Å². The first-order valence-corrected chi connectivity index (χ1v) is 6.63. The normalized spacial score (nSPS) is 11.9. The van der Waals surface area contributed by atoms with Crippen LogP contribution < -0.4 is 5.76 Å². The van der Waals surface area contributed by atoms with Crippen LogP contribution in [0, 0.1) is 0 Å². The third-order valence-corrected chi connectivity index (χ3v) is 3.33. The fraction of sp³-hybridized carbons (Fsp3) is 0.286. The van der Waals surface area contributed by atoms with E-state index in [0.29, 0.717) is 11.1 Å². The maximum Gasteiger partial charge on any atom is 0.421 e. The van der Waals surface area contributed by atoms with E-state index in [1.165, 1.54) is 17.0 Å². The number of aromatic nitrogens is 3. The highest BCUT2D eigenvalue weighted by molar-refractivity contribution is 5.72. The van der Waals surface area contributed by atoms with Gasteiger partial charge in [0.25, 0.3) is 0 Å². The monoisotopic (exact) mass is 308 g/mol. The predicted octanol–water partition coefficient (Wildman–Crippen LogP) is 2.28. The molecule has 116 valence electrons. The van der Waals surface area contributed by atoms with E-state index in [4.69, 9.17) is 4.42 Å². The molecule has 0 saturated heterocycles. The van der Waals surface area contributed by atoms with Gasteiger partial charge in [-0.05, 0) is 19.2 Å². The van der Waals surface area contributed by atoms with Gasteiger partial charge in [-0.15, -0.1) is 0 Å². The average Bonchev–Trinajstić information content (AvgIpc) is 3.04. The molecule has 0 saturated carbocycles. The topological polar surface area (TPSA) is 56.2 Å². The molecule has 3 rings (SSSR count). The highest BCUT2D eigenvalue weighted by Crippen LogP contribution is 2.15. The molecule has 0 radical (unpaired) electrons. The van der Waals surface area contributed by atoms with Crippen LogP contribution in [0.5, 0.6) is 0 Å². The Hall–Kier alpha value is -2.48. The number of halogens is 2. The van der Waals surface area contributed by atoms with Crippen LogP contribution >= 0.6 is 0 Å². The van der Waals surface area contributed by atoms with Crippen LogP contribution in [0.4, 0.5) is 8.78 Å². The van der Waals surface area contributed by atoms with Crippen LogP contribution in [0.2, 0.25) is 0 Å². The van der Waals surface area contributed by atoms with E-state index in [2.05, 4.69) is 4.98 Å². The third kappa shape index (κ3) is 2.64. The van der Waals surface area contributed by atoms with Crippen molar-refractivity contribution >= 4 is 11.1 Å². The maximum atomic E-state index is 12.8. The number of imidazole rings is 1. The van der Waals surface area contributed by atoms with Gasteiger partial charge in [0.05, 0.1) is 18.7 Å². The van der Waals surface area contributed by atoms with Gasteiger partial charge in [0.15, 0.2) is 5.58 Å². The van der Waals surface area contributed by atoms with Gasteiger partial charge in [-0.25, -0.2) is 9.78 Å². The van der Waals surface area contributed by atoms with Crippen molar-refractivity contribution < 1.29 is 13.2 Å². The summed E-state index contributed by atoms with van der Waals surface area (Å²) in [4.78, 5) is 17.5. The Labute approximate surface area is 124 Å². The first kappa shape index (κ1) is 14.5. The van der Waals surface area contributed by atoms with Crippen molar-refractivity contribution in [2.24, 2.45) is 0 Å². The van der Waals surface area contributed by atoms with Gasteiger partial charge in [0.2, 0.25) is 0 Å². The summed E-state index contributed by atoms with van der Waals surface area (Å²) < 4.78 is 33.0. The number of alkyl halides is 2. The Balaban J connectivity index is 1.81. The molecule has 1 aromatic carbocycles. The van der Waals surface area contributed by atoms with Gasteiger partial charge >= 0.3 is 12.3 Å². The lowest BCUT2D eigenvalue weighted by Crippen LogP contribution is -2.28. The molecule has 2 heterocycles. The Kier molecular flexibility index (Phi) is 3.76. The SMILES string of the molecule is CN(Cc1nccn1C(F)F)Cn1c(=O)oc2ccccc21. The Morgan fingerprint density at radius 2 is 2.14 bits per heavy atom. The molecule has 22 heavy (non-hydrogen) atoms. The molecule has 0 fully saturated rings. The van der Waals surface area contributed by atoms with Gasteiger partial charge in [-0.2, -0.15) is 8.78 Å². The van der Waals surface area contributed by atoms with Crippen LogP contribution in [0.15, 0.2) is 45.9 Å². The predicted molar refractivity (Wildman–Crippen MR) is 75.4 cm³/mol. The molecule has 0 aliphatic rings. The van der Waals surface area contributed by atoms with Gasteiger partial charge in [-0.3, -0.25) is 14.0 Å². The molecule has 6 nitrogen and oxygen atoms in total. The van der Waals surface area contributed by atoms with Crippen molar-refractivity contribution in [2.75, 3.05) is 7.05 Å². The van der Waals surface area contributed by atoms with Crippen molar-refractivity contribution in [3.05, 3.63) is 53.0 Å².